The van der Waals surface area contributed by atoms with Crippen molar-refractivity contribution in [2.45, 2.75) is 44.9 Å². The Morgan fingerprint density at radius 2 is 2.12 bits per heavy atom. The van der Waals surface area contributed by atoms with Crippen molar-refractivity contribution in [2.24, 2.45) is 4.99 Å². The van der Waals surface area contributed by atoms with Crippen LogP contribution in [0.5, 0.6) is 0 Å². The van der Waals surface area contributed by atoms with Gasteiger partial charge in [-0.15, -0.1) is 0 Å². The number of aromatic nitrogens is 2. The Hall–Kier alpha value is -1.95. The molecule has 2 heterocycles. The first-order chi connectivity index (χ1) is 12.5. The van der Waals surface area contributed by atoms with Crippen LogP contribution in [0, 0.1) is 13.8 Å². The molecule has 1 aliphatic heterocycles. The Balaban J connectivity index is 1.66. The zero-order valence-electron chi connectivity index (χ0n) is 16.2. The minimum atomic E-state index is 0.319. The fraction of sp³-hybridized carbons (Fsp3) is 0.500. The molecule has 1 aromatic heterocycles. The van der Waals surface area contributed by atoms with E-state index in [1.165, 1.54) is 24.2 Å². The Morgan fingerprint density at radius 3 is 2.77 bits per heavy atom. The van der Waals surface area contributed by atoms with Crippen molar-refractivity contribution >= 4 is 17.7 Å². The largest absolute Gasteiger partial charge is 0.355 e. The van der Waals surface area contributed by atoms with E-state index in [1.807, 2.05) is 18.7 Å². The molecule has 0 aliphatic carbocycles. The molecule has 140 valence electrons. The molecule has 2 N–H and O–H groups in total. The number of benzene rings is 1. The van der Waals surface area contributed by atoms with E-state index in [0.717, 1.165) is 29.6 Å². The molecule has 0 amide bonds. The van der Waals surface area contributed by atoms with Gasteiger partial charge in [-0.1, -0.05) is 18.2 Å². The smallest absolute Gasteiger partial charge is 0.191 e. The highest BCUT2D eigenvalue weighted by Crippen LogP contribution is 2.36. The summed E-state index contributed by atoms with van der Waals surface area (Å²) in [5.41, 5.74) is 4.48. The highest BCUT2D eigenvalue weighted by atomic mass is 32.2. The van der Waals surface area contributed by atoms with Crippen LogP contribution in [0.15, 0.2) is 35.3 Å². The van der Waals surface area contributed by atoms with E-state index in [-0.39, 0.29) is 0 Å². The molecule has 6 heteroatoms. The zero-order chi connectivity index (χ0) is 18.6. The fourth-order valence-electron chi connectivity index (χ4n) is 3.39. The third kappa shape index (κ3) is 4.41. The van der Waals surface area contributed by atoms with Gasteiger partial charge in [-0.2, -0.15) is 16.9 Å². The lowest BCUT2D eigenvalue weighted by molar-refractivity contribution is 0.584. The lowest BCUT2D eigenvalue weighted by atomic mass is 10.1. The number of nitrogens with one attached hydrogen (secondary N) is 2. The zero-order valence-corrected chi connectivity index (χ0v) is 17.0. The van der Waals surface area contributed by atoms with Crippen LogP contribution in [0.4, 0.5) is 0 Å². The third-order valence-corrected chi connectivity index (χ3v) is 6.37. The average molecular weight is 372 g/mol. The number of hydrogen-bond donors (Lipinski definition) is 2. The molecule has 1 unspecified atom stereocenters. The molecular weight excluding hydrogens is 342 g/mol. The summed E-state index contributed by atoms with van der Waals surface area (Å²) in [6, 6.07) is 10.5. The molecule has 2 aromatic rings. The predicted molar refractivity (Wildman–Crippen MR) is 111 cm³/mol. The van der Waals surface area contributed by atoms with Crippen molar-refractivity contribution in [3.8, 4) is 5.69 Å². The fourth-order valence-corrected chi connectivity index (χ4v) is 4.63. The van der Waals surface area contributed by atoms with Gasteiger partial charge in [0.05, 0.1) is 11.4 Å². The van der Waals surface area contributed by atoms with Crippen molar-refractivity contribution in [3.63, 3.8) is 0 Å². The number of aryl methyl sites for hydroxylation is 2. The number of thioether (sulfide) groups is 1. The Morgan fingerprint density at radius 1 is 1.31 bits per heavy atom. The quantitative estimate of drug-likeness (QED) is 0.624. The van der Waals surface area contributed by atoms with Gasteiger partial charge in [0.2, 0.25) is 0 Å². The summed E-state index contributed by atoms with van der Waals surface area (Å²) < 4.78 is 2.33. The number of hydrogen-bond acceptors (Lipinski definition) is 3. The molecular formula is C20H29N5S. The van der Waals surface area contributed by atoms with Crippen LogP contribution in [-0.4, -0.2) is 39.8 Å². The molecule has 5 nitrogen and oxygen atoms in total. The molecule has 1 fully saturated rings. The Kier molecular flexibility index (Phi) is 5.91. The third-order valence-electron chi connectivity index (χ3n) is 4.83. The minimum Gasteiger partial charge on any atom is -0.355 e. The van der Waals surface area contributed by atoms with Gasteiger partial charge in [0.1, 0.15) is 0 Å². The summed E-state index contributed by atoms with van der Waals surface area (Å²) in [6.45, 7) is 8.10. The monoisotopic (exact) mass is 371 g/mol. The normalized spacial score (nSPS) is 20.4. The second kappa shape index (κ2) is 8.16. The van der Waals surface area contributed by atoms with Crippen molar-refractivity contribution in [1.82, 2.24) is 20.4 Å². The van der Waals surface area contributed by atoms with E-state index in [9.17, 15) is 0 Å². The van der Waals surface area contributed by atoms with E-state index in [1.54, 1.807) is 0 Å². The van der Waals surface area contributed by atoms with Gasteiger partial charge in [-0.3, -0.25) is 4.99 Å². The van der Waals surface area contributed by atoms with E-state index < -0.39 is 0 Å². The van der Waals surface area contributed by atoms with Gasteiger partial charge < -0.3 is 10.6 Å². The molecule has 0 radical (unpaired) electrons. The van der Waals surface area contributed by atoms with Crippen molar-refractivity contribution < 1.29 is 0 Å². The van der Waals surface area contributed by atoms with Crippen LogP contribution in [0.1, 0.15) is 36.7 Å². The standard InChI is InChI=1S/C20H29N5S/c1-15-12-16(2)25(24-15)18-9-6-5-8-17(18)13-22-19(21-4)23-14-20(3)10-7-11-26-20/h5-6,8-9,12H,7,10-11,13-14H2,1-4H3,(H2,21,22,23). The average Bonchev–Trinajstić information content (AvgIpc) is 3.21. The van der Waals surface area contributed by atoms with E-state index in [4.69, 9.17) is 0 Å². The van der Waals surface area contributed by atoms with Gasteiger partial charge in [-0.25, -0.2) is 4.68 Å². The summed E-state index contributed by atoms with van der Waals surface area (Å²) in [5, 5.41) is 11.6. The molecule has 0 saturated carbocycles. The molecule has 26 heavy (non-hydrogen) atoms. The highest BCUT2D eigenvalue weighted by Gasteiger charge is 2.29. The van der Waals surface area contributed by atoms with Crippen LogP contribution < -0.4 is 10.6 Å². The molecule has 0 spiro atoms. The number of guanidine groups is 1. The van der Waals surface area contributed by atoms with E-state index in [0.29, 0.717) is 11.3 Å². The Labute approximate surface area is 160 Å². The van der Waals surface area contributed by atoms with Crippen LogP contribution in [0.25, 0.3) is 5.69 Å². The SMILES string of the molecule is CN=C(NCc1ccccc1-n1nc(C)cc1C)NCC1(C)CCCS1. The van der Waals surface area contributed by atoms with Crippen LogP contribution in [-0.2, 0) is 6.54 Å². The van der Waals surface area contributed by atoms with E-state index in [2.05, 4.69) is 76.7 Å². The van der Waals surface area contributed by atoms with Crippen LogP contribution in [0.2, 0.25) is 0 Å². The van der Waals surface area contributed by atoms with Gasteiger partial charge in [-0.05, 0) is 57.1 Å². The minimum absolute atomic E-state index is 0.319. The summed E-state index contributed by atoms with van der Waals surface area (Å²) in [7, 11) is 1.83. The molecule has 1 saturated heterocycles. The maximum atomic E-state index is 4.63. The molecule has 0 bridgehead atoms. The molecule has 1 aromatic carbocycles. The molecule has 1 aliphatic rings. The molecule has 3 rings (SSSR count). The van der Waals surface area contributed by atoms with Crippen molar-refractivity contribution in [1.29, 1.82) is 0 Å². The van der Waals surface area contributed by atoms with Gasteiger partial charge in [0, 0.05) is 30.6 Å². The first-order valence-corrected chi connectivity index (χ1v) is 10.2. The lowest BCUT2D eigenvalue weighted by Crippen LogP contribution is -2.43. The number of para-hydroxylation sites is 1. The second-order valence-electron chi connectivity index (χ2n) is 7.15. The molecule has 1 atom stereocenters. The topological polar surface area (TPSA) is 54.2 Å². The summed E-state index contributed by atoms with van der Waals surface area (Å²) in [6.07, 6.45) is 2.58. The first kappa shape index (κ1) is 18.8. The van der Waals surface area contributed by atoms with E-state index >= 15 is 0 Å². The highest BCUT2D eigenvalue weighted by molar-refractivity contribution is 8.00. The van der Waals surface area contributed by atoms with Crippen LogP contribution >= 0.6 is 11.8 Å². The summed E-state index contributed by atoms with van der Waals surface area (Å²) in [5.74, 6) is 2.11. The predicted octanol–water partition coefficient (Wildman–Crippen LogP) is 3.44. The number of nitrogens with zero attached hydrogens (tertiary/aromatic N) is 3. The number of aliphatic imine (C=N–C) groups is 1. The second-order valence-corrected chi connectivity index (χ2v) is 8.83. The van der Waals surface area contributed by atoms with Gasteiger partial charge in [0.25, 0.3) is 0 Å². The maximum Gasteiger partial charge on any atom is 0.191 e. The summed E-state index contributed by atoms with van der Waals surface area (Å²) >= 11 is 2.06. The Bertz CT molecular complexity index is 774. The van der Waals surface area contributed by atoms with Crippen LogP contribution in [0.3, 0.4) is 0 Å². The van der Waals surface area contributed by atoms with Gasteiger partial charge >= 0.3 is 0 Å². The maximum absolute atomic E-state index is 4.63. The lowest BCUT2D eigenvalue weighted by Gasteiger charge is -2.24. The van der Waals surface area contributed by atoms with Crippen molar-refractivity contribution in [2.75, 3.05) is 19.3 Å². The van der Waals surface area contributed by atoms with Gasteiger partial charge in [0.15, 0.2) is 5.96 Å². The van der Waals surface area contributed by atoms with Crippen molar-refractivity contribution in [3.05, 3.63) is 47.3 Å². The summed E-state index contributed by atoms with van der Waals surface area (Å²) in [4.78, 5) is 4.38. The number of rotatable bonds is 5. The first-order valence-electron chi connectivity index (χ1n) is 9.21.